The number of ketones is 1. The number of ether oxygens (including phenoxy) is 2. The quantitative estimate of drug-likeness (QED) is 0.203. The first-order chi connectivity index (χ1) is 17.4. The number of halogens is 1. The van der Waals surface area contributed by atoms with Gasteiger partial charge in [-0.05, 0) is 78.3 Å². The number of rotatable bonds is 8. The van der Waals surface area contributed by atoms with Gasteiger partial charge in [-0.3, -0.25) is 4.79 Å². The molecular formula is C27H23BrN4O3S. The number of hydrogen-bond donors (Lipinski definition) is 1. The molecule has 0 aliphatic carbocycles. The van der Waals surface area contributed by atoms with Crippen LogP contribution in [0.15, 0.2) is 71.2 Å². The molecule has 5 rings (SSSR count). The Kier molecular flexibility index (Phi) is 6.75. The molecule has 0 bridgehead atoms. The van der Waals surface area contributed by atoms with Gasteiger partial charge in [-0.2, -0.15) is 0 Å². The van der Waals surface area contributed by atoms with Gasteiger partial charge in [-0.15, -0.1) is 10.2 Å². The summed E-state index contributed by atoms with van der Waals surface area (Å²) in [4.78, 5) is 12.6. The minimum atomic E-state index is -0.00112. The molecule has 0 amide bonds. The van der Waals surface area contributed by atoms with E-state index >= 15 is 0 Å². The van der Waals surface area contributed by atoms with Crippen molar-refractivity contribution in [1.82, 2.24) is 14.8 Å². The summed E-state index contributed by atoms with van der Waals surface area (Å²) in [6.07, 6.45) is 0. The van der Waals surface area contributed by atoms with Crippen LogP contribution in [0.5, 0.6) is 11.5 Å². The highest BCUT2D eigenvalue weighted by atomic mass is 79.9. The second kappa shape index (κ2) is 10.1. The number of anilines is 2. The summed E-state index contributed by atoms with van der Waals surface area (Å²) in [5.41, 5.74) is 4.34. The maximum atomic E-state index is 12.6. The van der Waals surface area contributed by atoms with Crippen LogP contribution in [0.2, 0.25) is 0 Å². The van der Waals surface area contributed by atoms with Gasteiger partial charge in [0.2, 0.25) is 5.13 Å². The number of aromatic nitrogens is 3. The highest BCUT2D eigenvalue weighted by molar-refractivity contribution is 9.10. The summed E-state index contributed by atoms with van der Waals surface area (Å²) in [6, 6.07) is 21.5. The summed E-state index contributed by atoms with van der Waals surface area (Å²) in [5.74, 6) is 1.40. The molecule has 0 aliphatic heterocycles. The average molecular weight is 563 g/mol. The predicted molar refractivity (Wildman–Crippen MR) is 146 cm³/mol. The smallest absolute Gasteiger partial charge is 0.210 e. The van der Waals surface area contributed by atoms with Crippen molar-refractivity contribution in [2.24, 2.45) is 0 Å². The van der Waals surface area contributed by atoms with Gasteiger partial charge in [0.1, 0.15) is 18.1 Å². The van der Waals surface area contributed by atoms with Crippen LogP contribution in [0, 0.1) is 6.92 Å². The van der Waals surface area contributed by atoms with Gasteiger partial charge in [0.15, 0.2) is 10.8 Å². The van der Waals surface area contributed by atoms with Crippen molar-refractivity contribution in [3.8, 4) is 17.2 Å². The molecule has 2 heterocycles. The third kappa shape index (κ3) is 4.72. The van der Waals surface area contributed by atoms with Crippen LogP contribution >= 0.6 is 27.3 Å². The van der Waals surface area contributed by atoms with Crippen LogP contribution in [0.1, 0.15) is 28.0 Å². The number of fused-ring (bicyclic) bond motifs is 1. The van der Waals surface area contributed by atoms with E-state index in [1.807, 2.05) is 73.7 Å². The number of para-hydroxylation sites is 1. The lowest BCUT2D eigenvalue weighted by atomic mass is 10.1. The van der Waals surface area contributed by atoms with Crippen molar-refractivity contribution in [2.75, 3.05) is 12.4 Å². The zero-order valence-corrected chi connectivity index (χ0v) is 22.3. The van der Waals surface area contributed by atoms with E-state index in [4.69, 9.17) is 9.47 Å². The van der Waals surface area contributed by atoms with E-state index in [2.05, 4.69) is 36.0 Å². The van der Waals surface area contributed by atoms with E-state index in [9.17, 15) is 4.79 Å². The molecule has 0 radical (unpaired) electrons. The third-order valence-electron chi connectivity index (χ3n) is 5.78. The molecule has 0 spiro atoms. The molecule has 0 unspecified atom stereocenters. The Hall–Kier alpha value is -3.69. The fourth-order valence-electron chi connectivity index (χ4n) is 4.18. The standard InChI is InChI=1S/C27H23BrN4O3S/c1-16-26(17(2)33)21-13-24(22(28)14-23(21)32(16)19-9-11-20(34-3)12-10-19)35-15-25-30-31-27(36-25)29-18-7-5-4-6-8-18/h4-14H,15H2,1-3H3,(H,29,31). The minimum Gasteiger partial charge on any atom is -0.497 e. The summed E-state index contributed by atoms with van der Waals surface area (Å²) < 4.78 is 14.3. The molecule has 7 nitrogen and oxygen atoms in total. The van der Waals surface area contributed by atoms with E-state index in [-0.39, 0.29) is 12.4 Å². The van der Waals surface area contributed by atoms with Gasteiger partial charge in [0.25, 0.3) is 0 Å². The molecular weight excluding hydrogens is 540 g/mol. The molecule has 0 fully saturated rings. The highest BCUT2D eigenvalue weighted by Crippen LogP contribution is 2.37. The first kappa shape index (κ1) is 24.0. The Labute approximate surface area is 220 Å². The molecule has 5 aromatic rings. The summed E-state index contributed by atoms with van der Waals surface area (Å²) in [5, 5.41) is 13.9. The normalized spacial score (nSPS) is 11.0. The van der Waals surface area contributed by atoms with Crippen molar-refractivity contribution < 1.29 is 14.3 Å². The van der Waals surface area contributed by atoms with Crippen molar-refractivity contribution >= 4 is 54.8 Å². The van der Waals surface area contributed by atoms with Crippen LogP contribution in [0.4, 0.5) is 10.8 Å². The van der Waals surface area contributed by atoms with E-state index in [0.717, 1.165) is 43.2 Å². The van der Waals surface area contributed by atoms with Crippen molar-refractivity contribution in [2.45, 2.75) is 20.5 Å². The van der Waals surface area contributed by atoms with Crippen LogP contribution < -0.4 is 14.8 Å². The Bertz CT molecular complexity index is 1550. The zero-order valence-electron chi connectivity index (χ0n) is 19.9. The number of carbonyl (C=O) groups excluding carboxylic acids is 1. The number of nitrogens with one attached hydrogen (secondary N) is 1. The number of Topliss-reactive ketones (excluding diaryl/α,β-unsaturated/α-hetero) is 1. The van der Waals surface area contributed by atoms with Crippen LogP contribution in [-0.4, -0.2) is 27.7 Å². The highest BCUT2D eigenvalue weighted by Gasteiger charge is 2.21. The number of nitrogens with zero attached hydrogens (tertiary/aromatic N) is 3. The molecule has 0 saturated heterocycles. The zero-order chi connectivity index (χ0) is 25.2. The van der Waals surface area contributed by atoms with Gasteiger partial charge >= 0.3 is 0 Å². The summed E-state index contributed by atoms with van der Waals surface area (Å²) in [7, 11) is 1.64. The maximum absolute atomic E-state index is 12.6. The second-order valence-electron chi connectivity index (χ2n) is 8.13. The van der Waals surface area contributed by atoms with E-state index in [1.165, 1.54) is 11.3 Å². The van der Waals surface area contributed by atoms with Crippen LogP contribution in [0.3, 0.4) is 0 Å². The summed E-state index contributed by atoms with van der Waals surface area (Å²) in [6.45, 7) is 3.80. The predicted octanol–water partition coefficient (Wildman–Crippen LogP) is 7.09. The topological polar surface area (TPSA) is 78.3 Å². The lowest BCUT2D eigenvalue weighted by molar-refractivity contribution is 0.101. The van der Waals surface area contributed by atoms with Crippen LogP contribution in [0.25, 0.3) is 16.6 Å². The van der Waals surface area contributed by atoms with E-state index < -0.39 is 0 Å². The maximum Gasteiger partial charge on any atom is 0.210 e. The Balaban J connectivity index is 1.44. The van der Waals surface area contributed by atoms with E-state index in [1.54, 1.807) is 14.0 Å². The molecule has 2 aromatic heterocycles. The fraction of sp³-hybridized carbons (Fsp3) is 0.148. The van der Waals surface area contributed by atoms with Gasteiger partial charge in [-0.1, -0.05) is 29.5 Å². The molecule has 1 N–H and O–H groups in total. The molecule has 182 valence electrons. The molecule has 9 heteroatoms. The first-order valence-electron chi connectivity index (χ1n) is 11.2. The fourth-order valence-corrected chi connectivity index (χ4v) is 5.30. The molecule has 36 heavy (non-hydrogen) atoms. The van der Waals surface area contributed by atoms with Gasteiger partial charge in [0, 0.05) is 28.0 Å². The number of hydrogen-bond acceptors (Lipinski definition) is 7. The second-order valence-corrected chi connectivity index (χ2v) is 10.0. The number of carbonyl (C=O) groups is 1. The van der Waals surface area contributed by atoms with Crippen LogP contribution in [-0.2, 0) is 6.61 Å². The van der Waals surface area contributed by atoms with E-state index in [0.29, 0.717) is 16.4 Å². The number of benzene rings is 3. The lowest BCUT2D eigenvalue weighted by Gasteiger charge is -2.11. The first-order valence-corrected chi connectivity index (χ1v) is 12.8. The Morgan fingerprint density at radius 3 is 2.53 bits per heavy atom. The molecule has 0 saturated carbocycles. The Morgan fingerprint density at radius 1 is 1.08 bits per heavy atom. The third-order valence-corrected chi connectivity index (χ3v) is 7.22. The monoisotopic (exact) mass is 562 g/mol. The molecule has 0 aliphatic rings. The minimum absolute atomic E-state index is 0.00112. The van der Waals surface area contributed by atoms with Crippen molar-refractivity contribution in [3.05, 3.63) is 87.5 Å². The lowest BCUT2D eigenvalue weighted by Crippen LogP contribution is -1.99. The van der Waals surface area contributed by atoms with Gasteiger partial charge in [-0.25, -0.2) is 0 Å². The molecule has 3 aromatic carbocycles. The van der Waals surface area contributed by atoms with Crippen molar-refractivity contribution in [3.63, 3.8) is 0 Å². The van der Waals surface area contributed by atoms with Crippen molar-refractivity contribution in [1.29, 1.82) is 0 Å². The SMILES string of the molecule is COc1ccc(-n2c(C)c(C(C)=O)c3cc(OCc4nnc(Nc5ccccc5)s4)c(Br)cc32)cc1. The number of methoxy groups -OCH3 is 1. The average Bonchev–Trinajstić information content (AvgIpc) is 3.44. The van der Waals surface area contributed by atoms with Gasteiger partial charge in [0.05, 0.1) is 17.1 Å². The molecule has 0 atom stereocenters. The van der Waals surface area contributed by atoms with Gasteiger partial charge < -0.3 is 19.4 Å². The Morgan fingerprint density at radius 2 is 1.83 bits per heavy atom. The largest absolute Gasteiger partial charge is 0.497 e. The summed E-state index contributed by atoms with van der Waals surface area (Å²) >= 11 is 5.08.